The molecule has 0 bridgehead atoms. The van der Waals surface area contributed by atoms with E-state index in [2.05, 4.69) is 10.6 Å². The van der Waals surface area contributed by atoms with E-state index in [4.69, 9.17) is 5.73 Å². The Kier molecular flexibility index (Phi) is 4.64. The number of benzene rings is 1. The van der Waals surface area contributed by atoms with Crippen LogP contribution in [-0.2, 0) is 22.7 Å². The zero-order chi connectivity index (χ0) is 17.3. The van der Waals surface area contributed by atoms with E-state index < -0.39 is 6.04 Å². The third kappa shape index (κ3) is 3.18. The molecule has 2 aliphatic heterocycles. The van der Waals surface area contributed by atoms with Gasteiger partial charge < -0.3 is 16.0 Å². The van der Waals surface area contributed by atoms with Crippen LogP contribution in [0.5, 0.6) is 0 Å². The lowest BCUT2D eigenvalue weighted by molar-refractivity contribution is -0.136. The summed E-state index contributed by atoms with van der Waals surface area (Å²) in [6, 6.07) is 5.21. The van der Waals surface area contributed by atoms with Gasteiger partial charge in [0.1, 0.15) is 6.04 Å². The van der Waals surface area contributed by atoms with Crippen molar-refractivity contribution in [3.63, 3.8) is 0 Å². The van der Waals surface area contributed by atoms with Gasteiger partial charge in [0.05, 0.1) is 0 Å². The molecule has 3 amide bonds. The first-order chi connectivity index (χ1) is 11.5. The molecular formula is C17H22N4O3. The highest BCUT2D eigenvalue weighted by atomic mass is 16.2. The van der Waals surface area contributed by atoms with Crippen molar-refractivity contribution in [2.45, 2.75) is 44.9 Å². The molecule has 7 nitrogen and oxygen atoms in total. The first-order valence-electron chi connectivity index (χ1n) is 8.19. The van der Waals surface area contributed by atoms with Crippen LogP contribution in [0.4, 0.5) is 0 Å². The Morgan fingerprint density at radius 2 is 2.17 bits per heavy atom. The number of hydrogen-bond donors (Lipinski definition) is 3. The number of nitrogens with zero attached hydrogens (tertiary/aromatic N) is 1. The number of hydrogen-bond acceptors (Lipinski definition) is 5. The fourth-order valence-electron chi connectivity index (χ4n) is 3.27. The summed E-state index contributed by atoms with van der Waals surface area (Å²) in [7, 11) is 0. The summed E-state index contributed by atoms with van der Waals surface area (Å²) in [5.41, 5.74) is 8.23. The van der Waals surface area contributed by atoms with Crippen molar-refractivity contribution in [2.24, 2.45) is 5.73 Å². The molecule has 3 rings (SSSR count). The molecule has 7 heteroatoms. The maximum absolute atomic E-state index is 12.8. The first-order valence-corrected chi connectivity index (χ1v) is 8.19. The Bertz CT molecular complexity index is 686. The lowest BCUT2D eigenvalue weighted by Crippen LogP contribution is -2.52. The van der Waals surface area contributed by atoms with Gasteiger partial charge in [-0.3, -0.25) is 19.7 Å². The van der Waals surface area contributed by atoms with Crippen LogP contribution < -0.4 is 16.4 Å². The second-order valence-electron chi connectivity index (χ2n) is 6.46. The predicted octanol–water partition coefficient (Wildman–Crippen LogP) is -0.116. The fraction of sp³-hybridized carbons (Fsp3) is 0.471. The van der Waals surface area contributed by atoms with Gasteiger partial charge in [0.15, 0.2) is 0 Å². The van der Waals surface area contributed by atoms with E-state index in [1.54, 1.807) is 4.90 Å². The Balaban J connectivity index is 1.78. The third-order valence-electron chi connectivity index (χ3n) is 4.42. The Labute approximate surface area is 140 Å². The molecule has 1 fully saturated rings. The Morgan fingerprint density at radius 1 is 1.38 bits per heavy atom. The highest BCUT2D eigenvalue weighted by Gasteiger charge is 2.39. The van der Waals surface area contributed by atoms with Crippen LogP contribution in [-0.4, -0.2) is 41.2 Å². The van der Waals surface area contributed by atoms with Crippen molar-refractivity contribution in [3.05, 3.63) is 34.9 Å². The molecule has 24 heavy (non-hydrogen) atoms. The Morgan fingerprint density at radius 3 is 2.88 bits per heavy atom. The van der Waals surface area contributed by atoms with Gasteiger partial charge >= 0.3 is 0 Å². The second-order valence-corrected chi connectivity index (χ2v) is 6.46. The van der Waals surface area contributed by atoms with Gasteiger partial charge in [-0.1, -0.05) is 18.2 Å². The van der Waals surface area contributed by atoms with E-state index in [0.717, 1.165) is 11.1 Å². The fourth-order valence-corrected chi connectivity index (χ4v) is 3.27. The van der Waals surface area contributed by atoms with Gasteiger partial charge in [-0.15, -0.1) is 0 Å². The minimum absolute atomic E-state index is 0.0393. The summed E-state index contributed by atoms with van der Waals surface area (Å²) >= 11 is 0. The molecule has 4 N–H and O–H groups in total. The summed E-state index contributed by atoms with van der Waals surface area (Å²) < 4.78 is 0. The third-order valence-corrected chi connectivity index (χ3v) is 4.42. The molecule has 2 aliphatic rings. The number of fused-ring (bicyclic) bond motifs is 1. The van der Waals surface area contributed by atoms with Crippen LogP contribution in [0.25, 0.3) is 0 Å². The monoisotopic (exact) mass is 330 g/mol. The molecule has 0 aromatic heterocycles. The molecule has 1 aromatic carbocycles. The first kappa shape index (κ1) is 16.6. The molecule has 0 aliphatic carbocycles. The quantitative estimate of drug-likeness (QED) is 0.653. The van der Waals surface area contributed by atoms with Crippen LogP contribution in [0.1, 0.15) is 41.3 Å². The van der Waals surface area contributed by atoms with Crippen LogP contribution in [0, 0.1) is 0 Å². The molecule has 1 saturated heterocycles. The van der Waals surface area contributed by atoms with Crippen molar-refractivity contribution < 1.29 is 14.4 Å². The number of carbonyl (C=O) groups is 3. The number of nitrogens with one attached hydrogen (secondary N) is 2. The van der Waals surface area contributed by atoms with Gasteiger partial charge in [0.2, 0.25) is 11.8 Å². The summed E-state index contributed by atoms with van der Waals surface area (Å²) in [6.07, 6.45) is 0.641. The molecular weight excluding hydrogens is 308 g/mol. The van der Waals surface area contributed by atoms with Crippen LogP contribution in [0.15, 0.2) is 18.2 Å². The lowest BCUT2D eigenvalue weighted by Gasteiger charge is -2.29. The van der Waals surface area contributed by atoms with Gasteiger partial charge in [-0.05, 0) is 24.5 Å². The predicted molar refractivity (Wildman–Crippen MR) is 87.8 cm³/mol. The van der Waals surface area contributed by atoms with Crippen LogP contribution >= 0.6 is 0 Å². The van der Waals surface area contributed by atoms with E-state index in [0.29, 0.717) is 31.6 Å². The number of piperidine rings is 1. The normalized spacial score (nSPS) is 21.7. The number of rotatable bonds is 5. The van der Waals surface area contributed by atoms with E-state index in [1.165, 1.54) is 0 Å². The molecule has 2 heterocycles. The molecule has 0 saturated carbocycles. The SMILES string of the molecule is CC(N)CNCc1cccc2c1C(=O)N(C1CCC(=O)NC1=O)C2. The minimum atomic E-state index is -0.576. The molecule has 2 unspecified atom stereocenters. The number of nitrogens with two attached hydrogens (primary N) is 1. The highest BCUT2D eigenvalue weighted by molar-refractivity contribution is 6.05. The average Bonchev–Trinajstić information content (AvgIpc) is 2.85. The van der Waals surface area contributed by atoms with Crippen molar-refractivity contribution in [1.29, 1.82) is 0 Å². The number of carbonyl (C=O) groups excluding carboxylic acids is 3. The van der Waals surface area contributed by atoms with Gasteiger partial charge in [-0.2, -0.15) is 0 Å². The number of amides is 3. The number of imide groups is 1. The smallest absolute Gasteiger partial charge is 0.255 e. The molecule has 128 valence electrons. The molecule has 0 radical (unpaired) electrons. The van der Waals surface area contributed by atoms with E-state index in [-0.39, 0.29) is 30.2 Å². The van der Waals surface area contributed by atoms with E-state index >= 15 is 0 Å². The van der Waals surface area contributed by atoms with Crippen molar-refractivity contribution in [2.75, 3.05) is 6.54 Å². The standard InChI is InChI=1S/C17H22N4O3/c1-10(18)7-19-8-11-3-2-4-12-9-21(17(24)15(11)12)13-5-6-14(22)20-16(13)23/h2-4,10,13,19H,5-9,18H2,1H3,(H,20,22,23). The summed E-state index contributed by atoms with van der Waals surface area (Å²) in [6.45, 7) is 3.54. The van der Waals surface area contributed by atoms with E-state index in [9.17, 15) is 14.4 Å². The van der Waals surface area contributed by atoms with Crippen molar-refractivity contribution in [3.8, 4) is 0 Å². The van der Waals surface area contributed by atoms with Crippen molar-refractivity contribution >= 4 is 17.7 Å². The average molecular weight is 330 g/mol. The second kappa shape index (κ2) is 6.70. The molecule has 0 spiro atoms. The largest absolute Gasteiger partial charge is 0.327 e. The maximum atomic E-state index is 12.8. The van der Waals surface area contributed by atoms with E-state index in [1.807, 2.05) is 25.1 Å². The summed E-state index contributed by atoms with van der Waals surface area (Å²) in [5, 5.41) is 5.56. The highest BCUT2D eigenvalue weighted by Crippen LogP contribution is 2.29. The lowest BCUT2D eigenvalue weighted by atomic mass is 10.0. The summed E-state index contributed by atoms with van der Waals surface area (Å²) in [5.74, 6) is -0.803. The van der Waals surface area contributed by atoms with Gasteiger partial charge in [0.25, 0.3) is 5.91 Å². The van der Waals surface area contributed by atoms with Crippen molar-refractivity contribution in [1.82, 2.24) is 15.5 Å². The summed E-state index contributed by atoms with van der Waals surface area (Å²) in [4.78, 5) is 37.8. The minimum Gasteiger partial charge on any atom is -0.327 e. The van der Waals surface area contributed by atoms with Gasteiger partial charge in [0, 0.05) is 37.7 Å². The van der Waals surface area contributed by atoms with Gasteiger partial charge in [-0.25, -0.2) is 0 Å². The Hall–Kier alpha value is -2.25. The molecule has 1 aromatic rings. The topological polar surface area (TPSA) is 105 Å². The maximum Gasteiger partial charge on any atom is 0.255 e. The zero-order valence-corrected chi connectivity index (χ0v) is 13.7. The zero-order valence-electron chi connectivity index (χ0n) is 13.7. The van der Waals surface area contributed by atoms with Crippen LogP contribution in [0.3, 0.4) is 0 Å². The molecule has 2 atom stereocenters. The van der Waals surface area contributed by atoms with Crippen LogP contribution in [0.2, 0.25) is 0 Å².